The zero-order valence-electron chi connectivity index (χ0n) is 22.5. The average Bonchev–Trinajstić information content (AvgIpc) is 2.94. The number of ether oxygens (including phenoxy) is 4. The van der Waals surface area contributed by atoms with Crippen LogP contribution in [0.15, 0.2) is 48.5 Å². The quantitative estimate of drug-likeness (QED) is 0.0936. The van der Waals surface area contributed by atoms with E-state index in [9.17, 15) is 20.1 Å². The first-order valence-corrected chi connectivity index (χ1v) is 12.9. The van der Waals surface area contributed by atoms with Crippen LogP contribution >= 0.6 is 0 Å². The molecule has 0 spiro atoms. The molecule has 8 heteroatoms. The van der Waals surface area contributed by atoms with Crippen LogP contribution in [0, 0.1) is 34.5 Å². The van der Waals surface area contributed by atoms with E-state index in [1.807, 2.05) is 52.0 Å². The fourth-order valence-corrected chi connectivity index (χ4v) is 4.89. The first-order chi connectivity index (χ1) is 19.2. The van der Waals surface area contributed by atoms with Crippen LogP contribution in [0.1, 0.15) is 38.8 Å². The lowest BCUT2D eigenvalue weighted by molar-refractivity contribution is 0.0881. The van der Waals surface area contributed by atoms with Crippen LogP contribution < -0.4 is 9.47 Å². The van der Waals surface area contributed by atoms with E-state index in [2.05, 4.69) is 12.1 Å². The third kappa shape index (κ3) is 4.65. The molecule has 0 bridgehead atoms. The Labute approximate surface area is 230 Å². The first-order valence-electron chi connectivity index (χ1n) is 12.9. The van der Waals surface area contributed by atoms with E-state index in [0.717, 1.165) is 32.3 Å². The molecule has 5 aromatic rings. The second-order valence-electron chi connectivity index (χ2n) is 10.4. The minimum Gasteiger partial charge on any atom is -0.434 e. The molecular formula is C32H26N2O6. The van der Waals surface area contributed by atoms with Gasteiger partial charge in [-0.25, -0.2) is 9.59 Å². The molecule has 0 aliphatic heterocycles. The molecule has 0 amide bonds. The predicted molar refractivity (Wildman–Crippen MR) is 151 cm³/mol. The van der Waals surface area contributed by atoms with Crippen molar-refractivity contribution in [3.8, 4) is 23.6 Å². The highest BCUT2D eigenvalue weighted by Gasteiger charge is 2.23. The zero-order chi connectivity index (χ0) is 28.6. The van der Waals surface area contributed by atoms with E-state index in [-0.39, 0.29) is 36.5 Å². The number of hydrogen-bond acceptors (Lipinski definition) is 8. The number of benzene rings is 5. The highest BCUT2D eigenvalue weighted by Crippen LogP contribution is 2.46. The third-order valence-electron chi connectivity index (χ3n) is 6.52. The van der Waals surface area contributed by atoms with E-state index in [4.69, 9.17) is 18.9 Å². The Bertz CT molecular complexity index is 1720. The molecule has 5 rings (SSSR count). The Kier molecular flexibility index (Phi) is 7.02. The summed E-state index contributed by atoms with van der Waals surface area (Å²) in [5.41, 5.74) is 0.682. The average molecular weight is 535 g/mol. The topological polar surface area (TPSA) is 119 Å². The SMILES string of the molecule is CC(C)COC(=O)Oc1ccc2c3ccc(C#N)c4c(OC(=O)OCC(C)C)ccc(c5ccc(C#N)c1c52)c43. The molecule has 0 fully saturated rings. The Morgan fingerprint density at radius 2 is 0.950 bits per heavy atom. The molecule has 0 saturated carbocycles. The molecular weight excluding hydrogens is 508 g/mol. The van der Waals surface area contributed by atoms with Gasteiger partial charge in [0.2, 0.25) is 0 Å². The third-order valence-corrected chi connectivity index (χ3v) is 6.52. The molecule has 0 aliphatic rings. The Hall–Kier alpha value is -5.08. The molecule has 0 N–H and O–H groups in total. The van der Waals surface area contributed by atoms with Crippen molar-refractivity contribution >= 4 is 55.4 Å². The van der Waals surface area contributed by atoms with Gasteiger partial charge in [-0.1, -0.05) is 39.8 Å². The highest BCUT2D eigenvalue weighted by atomic mass is 16.7. The van der Waals surface area contributed by atoms with Crippen molar-refractivity contribution in [2.24, 2.45) is 11.8 Å². The number of carbonyl (C=O) groups is 2. The van der Waals surface area contributed by atoms with Crippen LogP contribution in [-0.2, 0) is 9.47 Å². The standard InChI is InChI=1S/C32H26N2O6/c1-17(2)15-37-31(35)39-25-11-9-23-22-8-6-20(14-34)28-26(40-32(36)38-16-18(3)4)12-10-24(30(22)28)21-7-5-19(13-33)27(25)29(21)23/h5-12,17-18H,15-16H2,1-4H3. The zero-order valence-corrected chi connectivity index (χ0v) is 22.5. The lowest BCUT2D eigenvalue weighted by Gasteiger charge is -2.19. The van der Waals surface area contributed by atoms with Gasteiger partial charge in [0, 0.05) is 21.5 Å². The maximum Gasteiger partial charge on any atom is 0.513 e. The van der Waals surface area contributed by atoms with Crippen LogP contribution in [0.25, 0.3) is 43.1 Å². The van der Waals surface area contributed by atoms with Gasteiger partial charge in [0.25, 0.3) is 0 Å². The fraction of sp³-hybridized carbons (Fsp3) is 0.250. The van der Waals surface area contributed by atoms with Gasteiger partial charge in [-0.3, -0.25) is 0 Å². The molecule has 0 atom stereocenters. The molecule has 0 radical (unpaired) electrons. The van der Waals surface area contributed by atoms with Crippen molar-refractivity contribution in [1.82, 2.24) is 0 Å². The van der Waals surface area contributed by atoms with E-state index in [1.54, 1.807) is 24.3 Å². The van der Waals surface area contributed by atoms with Gasteiger partial charge >= 0.3 is 12.3 Å². The summed E-state index contributed by atoms with van der Waals surface area (Å²) in [6, 6.07) is 18.3. The van der Waals surface area contributed by atoms with Gasteiger partial charge in [0.05, 0.1) is 36.5 Å². The maximum atomic E-state index is 12.4. The van der Waals surface area contributed by atoms with Gasteiger partial charge < -0.3 is 18.9 Å². The maximum absolute atomic E-state index is 12.4. The van der Waals surface area contributed by atoms with Crippen molar-refractivity contribution < 1.29 is 28.5 Å². The Morgan fingerprint density at radius 3 is 1.27 bits per heavy atom. The highest BCUT2D eigenvalue weighted by molar-refractivity contribution is 6.35. The van der Waals surface area contributed by atoms with E-state index < -0.39 is 12.3 Å². The van der Waals surface area contributed by atoms with Gasteiger partial charge in [-0.2, -0.15) is 10.5 Å². The van der Waals surface area contributed by atoms with Crippen LogP contribution in [0.2, 0.25) is 0 Å². The summed E-state index contributed by atoms with van der Waals surface area (Å²) in [5.74, 6) is 0.707. The van der Waals surface area contributed by atoms with Gasteiger partial charge in [-0.05, 0) is 69.8 Å². The molecule has 200 valence electrons. The normalized spacial score (nSPS) is 11.3. The summed E-state index contributed by atoms with van der Waals surface area (Å²) in [6.45, 7) is 8.10. The van der Waals surface area contributed by atoms with Crippen molar-refractivity contribution in [2.75, 3.05) is 13.2 Å². The van der Waals surface area contributed by atoms with Crippen LogP contribution in [0.3, 0.4) is 0 Å². The number of rotatable bonds is 6. The minimum atomic E-state index is -0.846. The monoisotopic (exact) mass is 534 g/mol. The van der Waals surface area contributed by atoms with Crippen LogP contribution in [-0.4, -0.2) is 25.5 Å². The number of fused-ring (bicyclic) bond motifs is 2. The summed E-state index contributed by atoms with van der Waals surface area (Å²) >= 11 is 0. The molecule has 8 nitrogen and oxygen atoms in total. The molecule has 0 aromatic heterocycles. The number of hydrogen-bond donors (Lipinski definition) is 0. The molecule has 0 unspecified atom stereocenters. The minimum absolute atomic E-state index is 0.139. The Morgan fingerprint density at radius 1 is 0.600 bits per heavy atom. The van der Waals surface area contributed by atoms with Crippen molar-refractivity contribution in [3.63, 3.8) is 0 Å². The second-order valence-corrected chi connectivity index (χ2v) is 10.4. The molecule has 5 aromatic carbocycles. The summed E-state index contributed by atoms with van der Waals surface area (Å²) in [6.07, 6.45) is -1.69. The lowest BCUT2D eigenvalue weighted by Crippen LogP contribution is -2.14. The number of carbonyl (C=O) groups excluding carboxylic acids is 2. The molecule has 0 heterocycles. The molecule has 0 saturated heterocycles. The largest absolute Gasteiger partial charge is 0.513 e. The van der Waals surface area contributed by atoms with Crippen LogP contribution in [0.5, 0.6) is 11.5 Å². The van der Waals surface area contributed by atoms with Gasteiger partial charge in [0.1, 0.15) is 11.5 Å². The van der Waals surface area contributed by atoms with Gasteiger partial charge in [0.15, 0.2) is 0 Å². The predicted octanol–water partition coefficient (Wildman–Crippen LogP) is 7.82. The fourth-order valence-electron chi connectivity index (χ4n) is 4.89. The van der Waals surface area contributed by atoms with E-state index in [1.165, 1.54) is 0 Å². The van der Waals surface area contributed by atoms with Crippen LogP contribution in [0.4, 0.5) is 9.59 Å². The number of nitriles is 2. The second kappa shape index (κ2) is 10.6. The van der Waals surface area contributed by atoms with Gasteiger partial charge in [-0.15, -0.1) is 0 Å². The summed E-state index contributed by atoms with van der Waals surface area (Å²) < 4.78 is 21.6. The summed E-state index contributed by atoms with van der Waals surface area (Å²) in [4.78, 5) is 24.9. The van der Waals surface area contributed by atoms with Crippen molar-refractivity contribution in [3.05, 3.63) is 59.7 Å². The summed E-state index contributed by atoms with van der Waals surface area (Å²) in [7, 11) is 0. The number of nitrogens with zero attached hydrogens (tertiary/aromatic N) is 2. The summed E-state index contributed by atoms with van der Waals surface area (Å²) in [5, 5.41) is 25.5. The smallest absolute Gasteiger partial charge is 0.434 e. The lowest BCUT2D eigenvalue weighted by atomic mass is 9.87. The first kappa shape index (κ1) is 26.5. The van der Waals surface area contributed by atoms with E-state index >= 15 is 0 Å². The molecule has 0 aliphatic carbocycles. The molecule has 40 heavy (non-hydrogen) atoms. The van der Waals surface area contributed by atoms with Crippen molar-refractivity contribution in [2.45, 2.75) is 27.7 Å². The van der Waals surface area contributed by atoms with Crippen molar-refractivity contribution in [1.29, 1.82) is 10.5 Å². The van der Waals surface area contributed by atoms with E-state index in [0.29, 0.717) is 21.9 Å². The Balaban J connectivity index is 1.76.